The molecule has 0 bridgehead atoms. The summed E-state index contributed by atoms with van der Waals surface area (Å²) in [5.41, 5.74) is 0. The summed E-state index contributed by atoms with van der Waals surface area (Å²) in [6.07, 6.45) is -0.709. The second-order valence-corrected chi connectivity index (χ2v) is 9.27. The van der Waals surface area contributed by atoms with Gasteiger partial charge in [-0.1, -0.05) is 0 Å². The minimum absolute atomic E-state index is 0. The molecular formula is C7H17LiN2O8S3. The Morgan fingerprint density at radius 1 is 1.10 bits per heavy atom. The average Bonchev–Trinajstić information content (AvgIpc) is 2.18. The molecule has 10 nitrogen and oxygen atoms in total. The van der Waals surface area contributed by atoms with Gasteiger partial charge in [0.1, 0.15) is 0 Å². The summed E-state index contributed by atoms with van der Waals surface area (Å²) in [4.78, 5) is 0. The van der Waals surface area contributed by atoms with Crippen molar-refractivity contribution in [3.63, 3.8) is 0 Å². The standard InChI is InChI=1S/C7H18N2O8S3.Li/c1-18(11,12)8-3-2-4-19(13,14)9-5-7(10)6-20(15,16)17;/h7-10H,2-6H2,1H3,(H,15,16,17);/q;+1/p-1. The number of aliphatic hydroxyl groups is 1. The quantitative estimate of drug-likeness (QED) is 0.196. The van der Waals surface area contributed by atoms with Crippen LogP contribution in [0.2, 0.25) is 0 Å². The van der Waals surface area contributed by atoms with E-state index in [1.54, 1.807) is 0 Å². The van der Waals surface area contributed by atoms with Crippen LogP contribution in [-0.2, 0) is 30.2 Å². The van der Waals surface area contributed by atoms with Crippen molar-refractivity contribution in [3.05, 3.63) is 0 Å². The molecule has 0 aromatic carbocycles. The fraction of sp³-hybridized carbons (Fsp3) is 1.00. The second-order valence-electron chi connectivity index (χ2n) is 4.07. The van der Waals surface area contributed by atoms with Gasteiger partial charge in [0.2, 0.25) is 20.0 Å². The molecule has 1 atom stereocenters. The molecule has 1 unspecified atom stereocenters. The zero-order valence-corrected chi connectivity index (χ0v) is 14.1. The van der Waals surface area contributed by atoms with Gasteiger partial charge in [-0.25, -0.2) is 34.7 Å². The monoisotopic (exact) mass is 360 g/mol. The third kappa shape index (κ3) is 16.5. The first-order valence-corrected chi connectivity index (χ1v) is 10.5. The van der Waals surface area contributed by atoms with E-state index in [1.807, 2.05) is 4.72 Å². The summed E-state index contributed by atoms with van der Waals surface area (Å²) in [6.45, 7) is -0.680. The number of rotatable bonds is 10. The van der Waals surface area contributed by atoms with Crippen LogP contribution in [0.3, 0.4) is 0 Å². The predicted octanol–water partition coefficient (Wildman–Crippen LogP) is -6.24. The minimum Gasteiger partial charge on any atom is -0.748 e. The molecule has 122 valence electrons. The Morgan fingerprint density at radius 3 is 2.05 bits per heavy atom. The molecule has 0 heterocycles. The molecule has 14 heteroatoms. The Balaban J connectivity index is 0. The van der Waals surface area contributed by atoms with Crippen molar-refractivity contribution < 1.29 is 53.8 Å². The fourth-order valence-electron chi connectivity index (χ4n) is 1.11. The maximum absolute atomic E-state index is 11.4. The zero-order valence-electron chi connectivity index (χ0n) is 11.6. The van der Waals surface area contributed by atoms with Crippen LogP contribution in [0.5, 0.6) is 0 Å². The number of hydrogen-bond acceptors (Lipinski definition) is 8. The minimum atomic E-state index is -4.64. The third-order valence-electron chi connectivity index (χ3n) is 1.89. The Kier molecular flexibility index (Phi) is 10.6. The van der Waals surface area contributed by atoms with E-state index in [0.717, 1.165) is 6.26 Å². The van der Waals surface area contributed by atoms with Crippen LogP contribution in [0.4, 0.5) is 0 Å². The topological polar surface area (TPSA) is 170 Å². The molecule has 0 radical (unpaired) electrons. The van der Waals surface area contributed by atoms with E-state index in [9.17, 15) is 29.8 Å². The first-order valence-electron chi connectivity index (χ1n) is 5.34. The Morgan fingerprint density at radius 2 is 1.62 bits per heavy atom. The van der Waals surface area contributed by atoms with Crippen LogP contribution in [0.1, 0.15) is 6.42 Å². The van der Waals surface area contributed by atoms with Crippen molar-refractivity contribution in [2.75, 3.05) is 30.9 Å². The molecule has 21 heavy (non-hydrogen) atoms. The smallest absolute Gasteiger partial charge is 0.748 e. The summed E-state index contributed by atoms with van der Waals surface area (Å²) in [5, 5.41) is 9.13. The van der Waals surface area contributed by atoms with Gasteiger partial charge in [-0.15, -0.1) is 0 Å². The fourth-order valence-corrected chi connectivity index (χ4v) is 3.33. The van der Waals surface area contributed by atoms with Crippen molar-refractivity contribution in [3.8, 4) is 0 Å². The Hall–Kier alpha value is 0.287. The molecule has 0 aliphatic carbocycles. The number of sulfonamides is 2. The van der Waals surface area contributed by atoms with Gasteiger partial charge in [0.05, 0.1) is 34.0 Å². The largest absolute Gasteiger partial charge is 1.00 e. The molecule has 0 aliphatic heterocycles. The van der Waals surface area contributed by atoms with Crippen molar-refractivity contribution >= 4 is 30.2 Å². The van der Waals surface area contributed by atoms with Crippen LogP contribution >= 0.6 is 0 Å². The predicted molar refractivity (Wildman–Crippen MR) is 69.8 cm³/mol. The normalized spacial score (nSPS) is 14.4. The summed E-state index contributed by atoms with van der Waals surface area (Å²) in [5.74, 6) is -1.50. The molecular weight excluding hydrogens is 343 g/mol. The van der Waals surface area contributed by atoms with Gasteiger partial charge in [-0.2, -0.15) is 0 Å². The SMILES string of the molecule is CS(=O)(=O)NCCCS(=O)(=O)NCC(O)CS(=O)(=O)[O-].[Li+]. The van der Waals surface area contributed by atoms with Crippen LogP contribution in [-0.4, -0.2) is 71.9 Å². The van der Waals surface area contributed by atoms with Crippen LogP contribution in [0.15, 0.2) is 0 Å². The van der Waals surface area contributed by atoms with Crippen LogP contribution in [0.25, 0.3) is 0 Å². The Bertz CT molecular complexity index is 600. The summed E-state index contributed by atoms with van der Waals surface area (Å²) in [6, 6.07) is 0. The van der Waals surface area contributed by atoms with E-state index in [1.165, 1.54) is 0 Å². The number of nitrogens with one attached hydrogen (secondary N) is 2. The number of hydrogen-bond donors (Lipinski definition) is 3. The van der Waals surface area contributed by atoms with E-state index in [-0.39, 0.29) is 31.8 Å². The van der Waals surface area contributed by atoms with E-state index >= 15 is 0 Å². The van der Waals surface area contributed by atoms with Crippen molar-refractivity contribution in [2.45, 2.75) is 12.5 Å². The average molecular weight is 360 g/mol. The molecule has 0 aliphatic rings. The van der Waals surface area contributed by atoms with Gasteiger partial charge in [0.15, 0.2) is 0 Å². The maximum atomic E-state index is 11.4. The van der Waals surface area contributed by atoms with Crippen molar-refractivity contribution in [1.29, 1.82) is 0 Å². The van der Waals surface area contributed by atoms with E-state index in [2.05, 4.69) is 4.72 Å². The zero-order chi connectivity index (χ0) is 16.0. The first kappa shape index (κ1) is 23.6. The van der Waals surface area contributed by atoms with Crippen molar-refractivity contribution in [2.24, 2.45) is 0 Å². The number of aliphatic hydroxyl groups excluding tert-OH is 1. The molecule has 0 aromatic heterocycles. The van der Waals surface area contributed by atoms with Crippen LogP contribution in [0, 0.1) is 0 Å². The second kappa shape index (κ2) is 9.43. The maximum Gasteiger partial charge on any atom is 1.00 e. The van der Waals surface area contributed by atoms with Gasteiger partial charge in [0, 0.05) is 13.1 Å². The van der Waals surface area contributed by atoms with Gasteiger partial charge in [-0.05, 0) is 6.42 Å². The Labute approximate surface area is 136 Å². The summed E-state index contributed by atoms with van der Waals surface area (Å²) >= 11 is 0. The van der Waals surface area contributed by atoms with Gasteiger partial charge in [-0.3, -0.25) is 0 Å². The van der Waals surface area contributed by atoms with Crippen molar-refractivity contribution in [1.82, 2.24) is 9.44 Å². The molecule has 0 aromatic rings. The molecule has 0 spiro atoms. The van der Waals surface area contributed by atoms with Gasteiger partial charge >= 0.3 is 18.9 Å². The molecule has 3 N–H and O–H groups in total. The molecule has 0 saturated heterocycles. The molecule has 0 amide bonds. The van der Waals surface area contributed by atoms with E-state index in [0.29, 0.717) is 0 Å². The molecule has 0 fully saturated rings. The summed E-state index contributed by atoms with van der Waals surface area (Å²) < 4.78 is 79.2. The molecule has 0 saturated carbocycles. The van der Waals surface area contributed by atoms with Crippen LogP contribution < -0.4 is 28.3 Å². The van der Waals surface area contributed by atoms with Gasteiger partial charge in [0.25, 0.3) is 0 Å². The van der Waals surface area contributed by atoms with Gasteiger partial charge < -0.3 is 9.66 Å². The van der Waals surface area contributed by atoms with E-state index in [4.69, 9.17) is 5.11 Å². The molecule has 0 rings (SSSR count). The third-order valence-corrected chi connectivity index (χ3v) is 4.84. The summed E-state index contributed by atoms with van der Waals surface area (Å²) in [7, 11) is -11.8. The first-order chi connectivity index (χ1) is 8.81. The van der Waals surface area contributed by atoms with E-state index < -0.39 is 54.3 Å².